The number of carbonyl (C=O) groups excluding carboxylic acids is 1. The molecule has 0 aliphatic heterocycles. The van der Waals surface area contributed by atoms with Crippen LogP contribution in [0.1, 0.15) is 10.4 Å². The van der Waals surface area contributed by atoms with Gasteiger partial charge in [-0.25, -0.2) is 0 Å². The molecule has 1 aromatic heterocycles. The molecular weight excluding hydrogens is 430 g/mol. The minimum absolute atomic E-state index is 0.0284. The molecule has 13 heteroatoms. The molecule has 28 heavy (non-hydrogen) atoms. The van der Waals surface area contributed by atoms with E-state index in [0.29, 0.717) is 16.9 Å². The van der Waals surface area contributed by atoms with Crippen molar-refractivity contribution in [2.24, 2.45) is 0 Å². The van der Waals surface area contributed by atoms with Gasteiger partial charge in [0.15, 0.2) is 0 Å². The normalized spacial score (nSPS) is 11.0. The average Bonchev–Trinajstić information content (AvgIpc) is 3.13. The largest absolute Gasteiger partial charge is 0.296 e. The molecule has 0 aliphatic carbocycles. The fourth-order valence-corrected chi connectivity index (χ4v) is 4.21. The third kappa shape index (κ3) is 4.42. The van der Waals surface area contributed by atoms with Crippen LogP contribution in [-0.4, -0.2) is 29.4 Å². The van der Waals surface area contributed by atoms with E-state index >= 15 is 0 Å². The minimum atomic E-state index is -4.22. The van der Waals surface area contributed by atoms with E-state index < -0.39 is 25.2 Å². The Balaban J connectivity index is 1.79. The molecular formula is C15H10ClN5O5S2. The maximum atomic E-state index is 12.5. The second kappa shape index (κ2) is 7.88. The first-order valence-corrected chi connectivity index (χ1v) is 10.1. The topological polar surface area (TPSA) is 144 Å². The second-order valence-electron chi connectivity index (χ2n) is 5.22. The number of aromatic nitrogens is 2. The molecule has 0 saturated heterocycles. The number of non-ortho nitro benzene ring substituents is 1. The van der Waals surface area contributed by atoms with Gasteiger partial charge >= 0.3 is 0 Å². The van der Waals surface area contributed by atoms with Gasteiger partial charge in [-0.05, 0) is 18.2 Å². The average molecular weight is 440 g/mol. The lowest BCUT2D eigenvalue weighted by atomic mass is 10.2. The second-order valence-corrected chi connectivity index (χ2v) is 8.46. The summed E-state index contributed by atoms with van der Waals surface area (Å²) in [7, 11) is -4.22. The first-order valence-electron chi connectivity index (χ1n) is 7.43. The Kier molecular flexibility index (Phi) is 5.53. The number of anilines is 2. The van der Waals surface area contributed by atoms with Crippen molar-refractivity contribution >= 4 is 55.4 Å². The summed E-state index contributed by atoms with van der Waals surface area (Å²) in [4.78, 5) is 22.3. The molecule has 3 rings (SSSR count). The lowest BCUT2D eigenvalue weighted by Gasteiger charge is -2.06. The van der Waals surface area contributed by atoms with E-state index in [1.807, 2.05) is 0 Å². The summed E-state index contributed by atoms with van der Waals surface area (Å²) < 4.78 is 26.6. The number of nitro groups is 1. The number of halogens is 1. The predicted octanol–water partition coefficient (Wildman–Crippen LogP) is 3.15. The number of hydrogen-bond acceptors (Lipinski definition) is 8. The van der Waals surface area contributed by atoms with Crippen molar-refractivity contribution in [2.45, 2.75) is 4.34 Å². The van der Waals surface area contributed by atoms with Crippen LogP contribution in [0.25, 0.3) is 0 Å². The Labute approximate surface area is 167 Å². The standard InChI is InChI=1S/C15H10ClN5O5S2/c16-11-7-6-10(21(23)24)8-12(11)20-28(25,26)15-19-18-14(27-15)17-13(22)9-4-2-1-3-5-9/h1-8,20H,(H,17,18,22). The third-order valence-corrected chi connectivity index (χ3v) is 6.20. The van der Waals surface area contributed by atoms with Gasteiger partial charge < -0.3 is 0 Å². The predicted molar refractivity (Wildman–Crippen MR) is 103 cm³/mol. The number of amides is 1. The zero-order valence-electron chi connectivity index (χ0n) is 13.7. The highest BCUT2D eigenvalue weighted by molar-refractivity contribution is 7.94. The number of carbonyl (C=O) groups is 1. The van der Waals surface area contributed by atoms with E-state index in [2.05, 4.69) is 20.2 Å². The highest BCUT2D eigenvalue weighted by atomic mass is 35.5. The van der Waals surface area contributed by atoms with E-state index in [4.69, 9.17) is 11.6 Å². The van der Waals surface area contributed by atoms with Gasteiger partial charge in [-0.1, -0.05) is 41.1 Å². The molecule has 3 aromatic rings. The molecule has 0 bridgehead atoms. The number of benzene rings is 2. The maximum Gasteiger partial charge on any atom is 0.291 e. The van der Waals surface area contributed by atoms with Gasteiger partial charge in [-0.15, -0.1) is 10.2 Å². The van der Waals surface area contributed by atoms with Gasteiger partial charge in [0.1, 0.15) is 0 Å². The van der Waals surface area contributed by atoms with E-state index in [-0.39, 0.29) is 21.5 Å². The summed E-state index contributed by atoms with van der Waals surface area (Å²) in [6.07, 6.45) is 0. The maximum absolute atomic E-state index is 12.5. The fourth-order valence-electron chi connectivity index (χ4n) is 2.02. The minimum Gasteiger partial charge on any atom is -0.296 e. The van der Waals surface area contributed by atoms with Gasteiger partial charge in [-0.2, -0.15) is 8.42 Å². The number of nitrogens with zero attached hydrogens (tertiary/aromatic N) is 3. The van der Waals surface area contributed by atoms with Crippen LogP contribution in [0.5, 0.6) is 0 Å². The molecule has 144 valence electrons. The molecule has 1 heterocycles. The molecule has 0 fully saturated rings. The fraction of sp³-hybridized carbons (Fsp3) is 0. The van der Waals surface area contributed by atoms with Crippen LogP contribution in [-0.2, 0) is 10.0 Å². The Morgan fingerprint density at radius 1 is 1.14 bits per heavy atom. The van der Waals surface area contributed by atoms with Gasteiger partial charge in [-0.3, -0.25) is 24.9 Å². The molecule has 0 spiro atoms. The van der Waals surface area contributed by atoms with Crippen LogP contribution >= 0.6 is 22.9 Å². The van der Waals surface area contributed by atoms with Crippen molar-refractivity contribution in [3.8, 4) is 0 Å². The third-order valence-electron chi connectivity index (χ3n) is 3.30. The Hall–Kier alpha value is -3.09. The van der Waals surface area contributed by atoms with E-state index in [1.54, 1.807) is 30.3 Å². The van der Waals surface area contributed by atoms with Crippen LogP contribution in [0.15, 0.2) is 52.9 Å². The van der Waals surface area contributed by atoms with Gasteiger partial charge in [0.05, 0.1) is 15.6 Å². The molecule has 0 unspecified atom stereocenters. The lowest BCUT2D eigenvalue weighted by molar-refractivity contribution is -0.384. The molecule has 10 nitrogen and oxygen atoms in total. The van der Waals surface area contributed by atoms with Crippen LogP contribution in [0.4, 0.5) is 16.5 Å². The summed E-state index contributed by atoms with van der Waals surface area (Å²) in [6.45, 7) is 0. The lowest BCUT2D eigenvalue weighted by Crippen LogP contribution is -2.13. The van der Waals surface area contributed by atoms with Gasteiger partial charge in [0.25, 0.3) is 26.0 Å². The number of hydrogen-bond donors (Lipinski definition) is 2. The highest BCUT2D eigenvalue weighted by Gasteiger charge is 2.23. The number of nitro benzene ring substituents is 1. The van der Waals surface area contributed by atoms with Crippen molar-refractivity contribution in [2.75, 3.05) is 10.0 Å². The van der Waals surface area contributed by atoms with E-state index in [0.717, 1.165) is 12.1 Å². The molecule has 0 radical (unpaired) electrons. The van der Waals surface area contributed by atoms with E-state index in [9.17, 15) is 23.3 Å². The van der Waals surface area contributed by atoms with Crippen molar-refractivity contribution in [3.05, 3.63) is 69.2 Å². The zero-order valence-corrected chi connectivity index (χ0v) is 16.1. The molecule has 2 aromatic carbocycles. The van der Waals surface area contributed by atoms with Crippen LogP contribution in [0.3, 0.4) is 0 Å². The quantitative estimate of drug-likeness (QED) is 0.341. The summed E-state index contributed by atoms with van der Waals surface area (Å²) in [5, 5.41) is 20.4. The summed E-state index contributed by atoms with van der Waals surface area (Å²) in [5.74, 6) is -0.476. The monoisotopic (exact) mass is 439 g/mol. The summed E-state index contributed by atoms with van der Waals surface area (Å²) >= 11 is 6.51. The van der Waals surface area contributed by atoms with Gasteiger partial charge in [0, 0.05) is 17.7 Å². The van der Waals surface area contributed by atoms with Crippen molar-refractivity contribution in [3.63, 3.8) is 0 Å². The first kappa shape index (κ1) is 19.7. The Bertz CT molecular complexity index is 1150. The van der Waals surface area contributed by atoms with Crippen molar-refractivity contribution in [1.82, 2.24) is 10.2 Å². The van der Waals surface area contributed by atoms with Crippen LogP contribution < -0.4 is 10.0 Å². The van der Waals surface area contributed by atoms with E-state index in [1.165, 1.54) is 6.07 Å². The SMILES string of the molecule is O=C(Nc1nnc(S(=O)(=O)Nc2cc([N+](=O)[O-])ccc2Cl)s1)c1ccccc1. The molecule has 1 amide bonds. The Morgan fingerprint density at radius 3 is 2.54 bits per heavy atom. The molecule has 0 aliphatic rings. The summed E-state index contributed by atoms with van der Waals surface area (Å²) in [5.41, 5.74) is -0.153. The number of nitrogens with one attached hydrogen (secondary N) is 2. The zero-order chi connectivity index (χ0) is 20.3. The molecule has 0 saturated carbocycles. The highest BCUT2D eigenvalue weighted by Crippen LogP contribution is 2.30. The summed E-state index contributed by atoms with van der Waals surface area (Å²) in [6, 6.07) is 11.6. The first-order chi connectivity index (χ1) is 13.3. The molecule has 0 atom stereocenters. The van der Waals surface area contributed by atoms with Crippen LogP contribution in [0, 0.1) is 10.1 Å². The van der Waals surface area contributed by atoms with Crippen LogP contribution in [0.2, 0.25) is 5.02 Å². The van der Waals surface area contributed by atoms with Crippen molar-refractivity contribution in [1.29, 1.82) is 0 Å². The number of sulfonamides is 1. The smallest absolute Gasteiger partial charge is 0.291 e. The van der Waals surface area contributed by atoms with Gasteiger partial charge in [0.2, 0.25) is 5.13 Å². The number of rotatable bonds is 6. The molecule has 2 N–H and O–H groups in total. The van der Waals surface area contributed by atoms with Crippen molar-refractivity contribution < 1.29 is 18.1 Å². The Morgan fingerprint density at radius 2 is 1.86 bits per heavy atom.